The Morgan fingerprint density at radius 1 is 1.12 bits per heavy atom. The molecule has 0 aromatic heterocycles. The molecule has 3 N–H and O–H groups in total. The lowest BCUT2D eigenvalue weighted by Crippen LogP contribution is -2.51. The van der Waals surface area contributed by atoms with Crippen molar-refractivity contribution in [3.8, 4) is 5.75 Å². The van der Waals surface area contributed by atoms with Gasteiger partial charge in [0.1, 0.15) is 5.75 Å². The van der Waals surface area contributed by atoms with E-state index in [1.54, 1.807) is 7.11 Å². The number of carbonyl (C=O) groups is 2. The number of rotatable bonds is 6. The first kappa shape index (κ1) is 17.0. The highest BCUT2D eigenvalue weighted by Gasteiger charge is 2.47. The maximum Gasteiger partial charge on any atom is 0.322 e. The molecule has 0 spiro atoms. The van der Waals surface area contributed by atoms with E-state index in [0.29, 0.717) is 6.54 Å². The van der Waals surface area contributed by atoms with Crippen LogP contribution in [0.2, 0.25) is 0 Å². The van der Waals surface area contributed by atoms with Crippen LogP contribution in [-0.2, 0) is 16.9 Å². The second-order valence-corrected chi connectivity index (χ2v) is 6.08. The van der Waals surface area contributed by atoms with Crippen molar-refractivity contribution in [1.82, 2.24) is 16.0 Å². The monoisotopic (exact) mass is 339 g/mol. The first-order chi connectivity index (χ1) is 12.0. The fourth-order valence-electron chi connectivity index (χ4n) is 2.99. The number of nitrogens with one attached hydrogen (secondary N) is 3. The number of carbonyl (C=O) groups excluding carboxylic acids is 2. The topological polar surface area (TPSA) is 79.5 Å². The number of amides is 3. The Kier molecular flexibility index (Phi) is 4.72. The van der Waals surface area contributed by atoms with E-state index in [1.165, 1.54) is 0 Å². The molecule has 0 radical (unpaired) electrons. The third kappa shape index (κ3) is 3.34. The van der Waals surface area contributed by atoms with E-state index in [1.807, 2.05) is 55.5 Å². The Labute approximate surface area is 146 Å². The largest absolute Gasteiger partial charge is 0.497 e. The molecule has 1 heterocycles. The van der Waals surface area contributed by atoms with Crippen molar-refractivity contribution in [2.24, 2.45) is 0 Å². The molecule has 1 unspecified atom stereocenters. The summed E-state index contributed by atoms with van der Waals surface area (Å²) in [6.07, 6.45) is 0. The summed E-state index contributed by atoms with van der Waals surface area (Å²) in [4.78, 5) is 24.2. The third-order valence-corrected chi connectivity index (χ3v) is 4.47. The summed E-state index contributed by atoms with van der Waals surface area (Å²) >= 11 is 0. The van der Waals surface area contributed by atoms with Crippen molar-refractivity contribution in [1.29, 1.82) is 0 Å². The molecule has 0 aliphatic carbocycles. The maximum absolute atomic E-state index is 12.5. The van der Waals surface area contributed by atoms with Gasteiger partial charge in [-0.3, -0.25) is 10.1 Å². The molecule has 2 aromatic rings. The number of hydrogen-bond donors (Lipinski definition) is 3. The van der Waals surface area contributed by atoms with Crippen LogP contribution >= 0.6 is 0 Å². The van der Waals surface area contributed by atoms with Crippen LogP contribution in [-0.4, -0.2) is 25.6 Å². The van der Waals surface area contributed by atoms with Gasteiger partial charge in [-0.15, -0.1) is 0 Å². The Morgan fingerprint density at radius 2 is 1.88 bits per heavy atom. The highest BCUT2D eigenvalue weighted by Crippen LogP contribution is 2.24. The Morgan fingerprint density at radius 3 is 2.52 bits per heavy atom. The first-order valence-corrected chi connectivity index (χ1v) is 8.08. The summed E-state index contributed by atoms with van der Waals surface area (Å²) in [5.41, 5.74) is 1.84. The summed E-state index contributed by atoms with van der Waals surface area (Å²) in [7, 11) is 1.63. The van der Waals surface area contributed by atoms with Crippen LogP contribution in [0.25, 0.3) is 0 Å². The van der Waals surface area contributed by atoms with Gasteiger partial charge in [0.05, 0.1) is 7.11 Å². The van der Waals surface area contributed by atoms with Gasteiger partial charge in [-0.25, -0.2) is 4.79 Å². The smallest absolute Gasteiger partial charge is 0.322 e. The molecule has 2 aromatic carbocycles. The molecule has 6 heteroatoms. The highest BCUT2D eigenvalue weighted by molar-refractivity contribution is 6.07. The van der Waals surface area contributed by atoms with Gasteiger partial charge in [0.2, 0.25) is 0 Å². The first-order valence-electron chi connectivity index (χ1n) is 8.08. The van der Waals surface area contributed by atoms with Gasteiger partial charge in [0, 0.05) is 13.1 Å². The number of urea groups is 1. The minimum Gasteiger partial charge on any atom is -0.497 e. The molecule has 1 aliphatic heterocycles. The molecule has 3 rings (SSSR count). The van der Waals surface area contributed by atoms with E-state index in [-0.39, 0.29) is 12.5 Å². The SMILES string of the molecule is COc1ccc(C)c(CNCC2(c3ccccc3)NC(=O)NC2=O)c1. The lowest BCUT2D eigenvalue weighted by molar-refractivity contribution is -0.124. The highest BCUT2D eigenvalue weighted by atomic mass is 16.5. The number of aryl methyl sites for hydroxylation is 1. The van der Waals surface area contributed by atoms with Gasteiger partial charge < -0.3 is 15.4 Å². The maximum atomic E-state index is 12.5. The summed E-state index contributed by atoms with van der Waals surface area (Å²) in [5.74, 6) is 0.436. The van der Waals surface area contributed by atoms with Crippen molar-refractivity contribution in [2.75, 3.05) is 13.7 Å². The van der Waals surface area contributed by atoms with E-state index in [0.717, 1.165) is 22.4 Å². The Hall–Kier alpha value is -2.86. The minimum absolute atomic E-state index is 0.283. The average molecular weight is 339 g/mol. The lowest BCUT2D eigenvalue weighted by atomic mass is 9.89. The predicted molar refractivity (Wildman–Crippen MR) is 94.2 cm³/mol. The number of hydrogen-bond acceptors (Lipinski definition) is 4. The number of imide groups is 1. The number of benzene rings is 2. The molecule has 0 bridgehead atoms. The van der Waals surface area contributed by atoms with Crippen LogP contribution in [0, 0.1) is 6.92 Å². The van der Waals surface area contributed by atoms with E-state index in [2.05, 4.69) is 16.0 Å². The molecule has 1 atom stereocenters. The number of ether oxygens (including phenoxy) is 1. The summed E-state index contributed by atoms with van der Waals surface area (Å²) in [5, 5.41) is 8.40. The molecular weight excluding hydrogens is 318 g/mol. The van der Waals surface area contributed by atoms with Crippen LogP contribution in [0.1, 0.15) is 16.7 Å². The fraction of sp³-hybridized carbons (Fsp3) is 0.263. The van der Waals surface area contributed by atoms with Crippen LogP contribution in [0.4, 0.5) is 4.79 Å². The average Bonchev–Trinajstić information content (AvgIpc) is 2.92. The van der Waals surface area contributed by atoms with Gasteiger partial charge in [-0.2, -0.15) is 0 Å². The second kappa shape index (κ2) is 6.94. The van der Waals surface area contributed by atoms with Gasteiger partial charge in [0.25, 0.3) is 5.91 Å². The summed E-state index contributed by atoms with van der Waals surface area (Å²) in [6.45, 7) is 2.86. The molecule has 6 nitrogen and oxygen atoms in total. The molecule has 3 amide bonds. The summed E-state index contributed by atoms with van der Waals surface area (Å²) in [6, 6.07) is 14.6. The molecule has 130 valence electrons. The zero-order chi connectivity index (χ0) is 17.9. The minimum atomic E-state index is -1.11. The van der Waals surface area contributed by atoms with Gasteiger partial charge in [0.15, 0.2) is 5.54 Å². The zero-order valence-electron chi connectivity index (χ0n) is 14.3. The number of methoxy groups -OCH3 is 1. The summed E-state index contributed by atoms with van der Waals surface area (Å²) < 4.78 is 5.26. The van der Waals surface area contributed by atoms with E-state index in [4.69, 9.17) is 4.74 Å². The van der Waals surface area contributed by atoms with E-state index in [9.17, 15) is 9.59 Å². The zero-order valence-corrected chi connectivity index (χ0v) is 14.3. The van der Waals surface area contributed by atoms with Crippen molar-refractivity contribution < 1.29 is 14.3 Å². The molecule has 1 fully saturated rings. The van der Waals surface area contributed by atoms with Crippen molar-refractivity contribution in [3.63, 3.8) is 0 Å². The van der Waals surface area contributed by atoms with Crippen LogP contribution in [0.3, 0.4) is 0 Å². The third-order valence-electron chi connectivity index (χ3n) is 4.47. The molecule has 25 heavy (non-hydrogen) atoms. The molecular formula is C19H21N3O3. The molecule has 1 saturated heterocycles. The van der Waals surface area contributed by atoms with Crippen molar-refractivity contribution >= 4 is 11.9 Å². The standard InChI is InChI=1S/C19H21N3O3/c1-13-8-9-16(25-2)10-14(13)11-20-12-19(15-6-4-3-5-7-15)17(23)21-18(24)22-19/h3-10,20H,11-12H2,1-2H3,(H2,21,22,23,24). The Bertz CT molecular complexity index is 792. The van der Waals surface area contributed by atoms with E-state index < -0.39 is 11.6 Å². The van der Waals surface area contributed by atoms with Crippen molar-refractivity contribution in [2.45, 2.75) is 19.0 Å². The van der Waals surface area contributed by atoms with Crippen LogP contribution in [0.15, 0.2) is 48.5 Å². The second-order valence-electron chi connectivity index (χ2n) is 6.08. The predicted octanol–water partition coefficient (Wildman–Crippen LogP) is 1.83. The van der Waals surface area contributed by atoms with Gasteiger partial charge >= 0.3 is 6.03 Å². The van der Waals surface area contributed by atoms with Crippen LogP contribution in [0.5, 0.6) is 5.75 Å². The molecule has 1 aliphatic rings. The van der Waals surface area contributed by atoms with E-state index >= 15 is 0 Å². The fourth-order valence-corrected chi connectivity index (χ4v) is 2.99. The van der Waals surface area contributed by atoms with Crippen molar-refractivity contribution in [3.05, 3.63) is 65.2 Å². The van der Waals surface area contributed by atoms with Crippen LogP contribution < -0.4 is 20.7 Å². The molecule has 0 saturated carbocycles. The normalized spacial score (nSPS) is 19.4. The van der Waals surface area contributed by atoms with Gasteiger partial charge in [-0.05, 0) is 35.7 Å². The Balaban J connectivity index is 1.79. The lowest BCUT2D eigenvalue weighted by Gasteiger charge is -2.27. The quantitative estimate of drug-likeness (QED) is 0.702. The van der Waals surface area contributed by atoms with Gasteiger partial charge in [-0.1, -0.05) is 36.4 Å².